The molecule has 1 saturated heterocycles. The van der Waals surface area contributed by atoms with E-state index in [2.05, 4.69) is 26.2 Å². The first-order valence-corrected chi connectivity index (χ1v) is 9.10. The van der Waals surface area contributed by atoms with E-state index in [9.17, 15) is 4.79 Å². The molecule has 1 N–H and O–H groups in total. The summed E-state index contributed by atoms with van der Waals surface area (Å²) in [5, 5.41) is 2.88. The average molecular weight is 354 g/mol. The summed E-state index contributed by atoms with van der Waals surface area (Å²) in [5.74, 6) is 0.793. The first-order chi connectivity index (χ1) is 12.7. The highest BCUT2D eigenvalue weighted by Gasteiger charge is 2.20. The third-order valence-electron chi connectivity index (χ3n) is 4.58. The number of ether oxygens (including phenoxy) is 1. The Kier molecular flexibility index (Phi) is 5.94. The summed E-state index contributed by atoms with van der Waals surface area (Å²) >= 11 is 0. The molecule has 0 atom stereocenters. The van der Waals surface area contributed by atoms with Crippen molar-refractivity contribution in [1.82, 2.24) is 10.3 Å². The first-order valence-electron chi connectivity index (χ1n) is 9.10. The summed E-state index contributed by atoms with van der Waals surface area (Å²) < 4.78 is 5.48. The molecule has 1 aromatic heterocycles. The molecule has 1 aliphatic rings. The topological polar surface area (TPSA) is 57.7 Å². The second-order valence-corrected chi connectivity index (χ2v) is 6.30. The number of aromatic nitrogens is 1. The van der Waals surface area contributed by atoms with E-state index in [1.54, 1.807) is 13.3 Å². The van der Waals surface area contributed by atoms with Gasteiger partial charge in [0, 0.05) is 44.6 Å². The number of benzene rings is 1. The lowest BCUT2D eigenvalue weighted by molar-refractivity contribution is 0.0948. The van der Waals surface area contributed by atoms with Crippen molar-refractivity contribution in [3.63, 3.8) is 0 Å². The highest BCUT2D eigenvalue weighted by atomic mass is 16.5. The number of carbonyl (C=O) groups is 1. The van der Waals surface area contributed by atoms with E-state index in [1.165, 1.54) is 0 Å². The van der Waals surface area contributed by atoms with Crippen LogP contribution in [0.4, 0.5) is 11.4 Å². The van der Waals surface area contributed by atoms with Crippen LogP contribution in [0.1, 0.15) is 23.8 Å². The number of piperazine rings is 1. The van der Waals surface area contributed by atoms with Gasteiger partial charge in [0.1, 0.15) is 11.4 Å². The SMILES string of the molecule is CCCNC(=O)c1cc(N2CCN(c3ccccc3OC)CC2)ccn1. The van der Waals surface area contributed by atoms with E-state index in [0.29, 0.717) is 12.2 Å². The number of pyridine rings is 1. The van der Waals surface area contributed by atoms with Crippen molar-refractivity contribution in [1.29, 1.82) is 0 Å². The molecule has 0 spiro atoms. The first kappa shape index (κ1) is 18.0. The fourth-order valence-corrected chi connectivity index (χ4v) is 3.17. The van der Waals surface area contributed by atoms with Gasteiger partial charge in [0.15, 0.2) is 0 Å². The maximum atomic E-state index is 12.1. The summed E-state index contributed by atoms with van der Waals surface area (Å²) in [6.45, 7) is 6.28. The Balaban J connectivity index is 1.66. The predicted octanol–water partition coefficient (Wildman–Crippen LogP) is 2.56. The summed E-state index contributed by atoms with van der Waals surface area (Å²) in [6, 6.07) is 12.0. The molecule has 0 unspecified atom stereocenters. The number of rotatable bonds is 6. The number of para-hydroxylation sites is 2. The molecule has 1 aliphatic heterocycles. The van der Waals surface area contributed by atoms with Crippen LogP contribution in [0.2, 0.25) is 0 Å². The van der Waals surface area contributed by atoms with Crippen LogP contribution in [0.5, 0.6) is 5.75 Å². The number of nitrogens with one attached hydrogen (secondary N) is 1. The number of hydrogen-bond acceptors (Lipinski definition) is 5. The maximum absolute atomic E-state index is 12.1. The number of methoxy groups -OCH3 is 1. The quantitative estimate of drug-likeness (QED) is 0.864. The zero-order valence-electron chi connectivity index (χ0n) is 15.4. The largest absolute Gasteiger partial charge is 0.495 e. The van der Waals surface area contributed by atoms with E-state index < -0.39 is 0 Å². The highest BCUT2D eigenvalue weighted by molar-refractivity contribution is 5.93. The van der Waals surface area contributed by atoms with E-state index in [0.717, 1.165) is 49.7 Å². The Morgan fingerprint density at radius 3 is 2.62 bits per heavy atom. The normalized spacial score (nSPS) is 14.2. The van der Waals surface area contributed by atoms with Crippen molar-refractivity contribution >= 4 is 17.3 Å². The molecule has 138 valence electrons. The van der Waals surface area contributed by atoms with Crippen molar-refractivity contribution in [2.75, 3.05) is 49.6 Å². The van der Waals surface area contributed by atoms with Crippen LogP contribution in [-0.4, -0.2) is 50.7 Å². The maximum Gasteiger partial charge on any atom is 0.269 e. The van der Waals surface area contributed by atoms with Crippen molar-refractivity contribution in [3.05, 3.63) is 48.3 Å². The summed E-state index contributed by atoms with van der Waals surface area (Å²) in [4.78, 5) is 21.0. The van der Waals surface area contributed by atoms with Gasteiger partial charge in [-0.25, -0.2) is 0 Å². The lowest BCUT2D eigenvalue weighted by Crippen LogP contribution is -2.46. The Morgan fingerprint density at radius 2 is 1.88 bits per heavy atom. The number of carbonyl (C=O) groups excluding carboxylic acids is 1. The minimum absolute atomic E-state index is 0.110. The van der Waals surface area contributed by atoms with Crippen LogP contribution in [0, 0.1) is 0 Å². The molecule has 1 aromatic carbocycles. The number of nitrogens with zero attached hydrogens (tertiary/aromatic N) is 3. The summed E-state index contributed by atoms with van der Waals surface area (Å²) in [5.41, 5.74) is 2.65. The molecule has 2 heterocycles. The number of hydrogen-bond donors (Lipinski definition) is 1. The molecule has 0 bridgehead atoms. The van der Waals surface area contributed by atoms with E-state index in [4.69, 9.17) is 4.74 Å². The Hall–Kier alpha value is -2.76. The molecular weight excluding hydrogens is 328 g/mol. The second kappa shape index (κ2) is 8.56. The Labute approximate surface area is 154 Å². The van der Waals surface area contributed by atoms with Gasteiger partial charge in [0.25, 0.3) is 5.91 Å². The van der Waals surface area contributed by atoms with Crippen LogP contribution >= 0.6 is 0 Å². The van der Waals surface area contributed by atoms with Gasteiger partial charge in [-0.05, 0) is 30.7 Å². The summed E-state index contributed by atoms with van der Waals surface area (Å²) in [6.07, 6.45) is 2.62. The molecule has 0 aliphatic carbocycles. The molecular formula is C20H26N4O2. The predicted molar refractivity (Wildman–Crippen MR) is 104 cm³/mol. The number of anilines is 2. The molecule has 0 saturated carbocycles. The molecule has 0 radical (unpaired) electrons. The van der Waals surface area contributed by atoms with Gasteiger partial charge >= 0.3 is 0 Å². The minimum Gasteiger partial charge on any atom is -0.495 e. The monoisotopic (exact) mass is 354 g/mol. The van der Waals surface area contributed by atoms with Crippen LogP contribution in [-0.2, 0) is 0 Å². The molecule has 6 heteroatoms. The minimum atomic E-state index is -0.110. The van der Waals surface area contributed by atoms with Crippen LogP contribution in [0.3, 0.4) is 0 Å². The van der Waals surface area contributed by atoms with Gasteiger partial charge in [-0.2, -0.15) is 0 Å². The fourth-order valence-electron chi connectivity index (χ4n) is 3.17. The fraction of sp³-hybridized carbons (Fsp3) is 0.400. The molecule has 2 aromatic rings. The van der Waals surface area contributed by atoms with Gasteiger partial charge < -0.3 is 19.9 Å². The van der Waals surface area contributed by atoms with Crippen LogP contribution < -0.4 is 19.9 Å². The van der Waals surface area contributed by atoms with E-state index in [1.807, 2.05) is 37.3 Å². The van der Waals surface area contributed by atoms with Gasteiger partial charge in [-0.1, -0.05) is 19.1 Å². The third kappa shape index (κ3) is 4.07. The van der Waals surface area contributed by atoms with Crippen molar-refractivity contribution in [2.45, 2.75) is 13.3 Å². The van der Waals surface area contributed by atoms with Crippen LogP contribution in [0.15, 0.2) is 42.6 Å². The van der Waals surface area contributed by atoms with Crippen molar-refractivity contribution in [2.24, 2.45) is 0 Å². The van der Waals surface area contributed by atoms with Gasteiger partial charge in [0.05, 0.1) is 12.8 Å². The standard InChI is InChI=1S/C20H26N4O2/c1-3-9-22-20(25)17-15-16(8-10-21-17)23-11-13-24(14-12-23)18-6-4-5-7-19(18)26-2/h4-8,10,15H,3,9,11-14H2,1-2H3,(H,22,25). The Morgan fingerprint density at radius 1 is 1.15 bits per heavy atom. The van der Waals surface area contributed by atoms with Gasteiger partial charge in [-0.3, -0.25) is 9.78 Å². The molecule has 6 nitrogen and oxygen atoms in total. The highest BCUT2D eigenvalue weighted by Crippen LogP contribution is 2.29. The van der Waals surface area contributed by atoms with Crippen molar-refractivity contribution in [3.8, 4) is 5.75 Å². The second-order valence-electron chi connectivity index (χ2n) is 6.30. The van der Waals surface area contributed by atoms with Crippen LogP contribution in [0.25, 0.3) is 0 Å². The summed E-state index contributed by atoms with van der Waals surface area (Å²) in [7, 11) is 1.71. The molecule has 1 fully saturated rings. The van der Waals surface area contributed by atoms with E-state index >= 15 is 0 Å². The van der Waals surface area contributed by atoms with Gasteiger partial charge in [0.2, 0.25) is 0 Å². The molecule has 26 heavy (non-hydrogen) atoms. The smallest absolute Gasteiger partial charge is 0.269 e. The zero-order chi connectivity index (χ0) is 18.4. The lowest BCUT2D eigenvalue weighted by Gasteiger charge is -2.37. The molecule has 3 rings (SSSR count). The number of amides is 1. The van der Waals surface area contributed by atoms with E-state index in [-0.39, 0.29) is 5.91 Å². The average Bonchev–Trinajstić information content (AvgIpc) is 2.72. The van der Waals surface area contributed by atoms with Crippen molar-refractivity contribution < 1.29 is 9.53 Å². The zero-order valence-corrected chi connectivity index (χ0v) is 15.4. The molecule has 1 amide bonds. The van der Waals surface area contributed by atoms with Gasteiger partial charge in [-0.15, -0.1) is 0 Å². The lowest BCUT2D eigenvalue weighted by atomic mass is 10.2. The third-order valence-corrected chi connectivity index (χ3v) is 4.58. The Bertz CT molecular complexity index is 742.